The minimum Gasteiger partial charge on any atom is -0.507 e. The molecule has 5 nitrogen and oxygen atoms in total. The number of aromatic amines is 1. The number of hydrogen-bond donors (Lipinski definition) is 2. The quantitative estimate of drug-likeness (QED) is 0.666. The SMILES string of the molecule is O=c1[nH]c2cc(O)c(-c3cccnc3)cc2o1. The van der Waals surface area contributed by atoms with Crippen molar-refractivity contribution in [2.45, 2.75) is 0 Å². The third-order valence-corrected chi connectivity index (χ3v) is 2.51. The summed E-state index contributed by atoms with van der Waals surface area (Å²) in [6, 6.07) is 6.66. The van der Waals surface area contributed by atoms with E-state index in [0.717, 1.165) is 5.56 Å². The maximum Gasteiger partial charge on any atom is 0.417 e. The van der Waals surface area contributed by atoms with Gasteiger partial charge in [0.25, 0.3) is 0 Å². The van der Waals surface area contributed by atoms with Gasteiger partial charge in [0, 0.05) is 29.6 Å². The van der Waals surface area contributed by atoms with Crippen LogP contribution in [0.5, 0.6) is 5.75 Å². The molecule has 3 aromatic rings. The molecule has 0 spiro atoms. The zero-order valence-electron chi connectivity index (χ0n) is 8.68. The topological polar surface area (TPSA) is 79.1 Å². The number of aromatic nitrogens is 2. The number of pyridine rings is 1. The Morgan fingerprint density at radius 2 is 2.24 bits per heavy atom. The summed E-state index contributed by atoms with van der Waals surface area (Å²) in [4.78, 5) is 17.5. The fourth-order valence-electron chi connectivity index (χ4n) is 1.74. The minimum absolute atomic E-state index is 0.0718. The number of phenols is 1. The first-order valence-corrected chi connectivity index (χ1v) is 5.00. The van der Waals surface area contributed by atoms with Crippen LogP contribution in [-0.2, 0) is 0 Å². The van der Waals surface area contributed by atoms with Crippen LogP contribution in [0.25, 0.3) is 22.2 Å². The van der Waals surface area contributed by atoms with E-state index in [1.165, 1.54) is 6.07 Å². The monoisotopic (exact) mass is 228 g/mol. The molecule has 3 rings (SSSR count). The Morgan fingerprint density at radius 3 is 3.00 bits per heavy atom. The van der Waals surface area contributed by atoms with Crippen molar-refractivity contribution < 1.29 is 9.52 Å². The second-order valence-electron chi connectivity index (χ2n) is 3.62. The van der Waals surface area contributed by atoms with Crippen molar-refractivity contribution in [3.05, 3.63) is 47.2 Å². The summed E-state index contributed by atoms with van der Waals surface area (Å²) in [7, 11) is 0. The lowest BCUT2D eigenvalue weighted by Gasteiger charge is -2.03. The molecular formula is C12H8N2O3. The number of phenolic OH excluding ortho intramolecular Hbond substituents is 1. The first kappa shape index (κ1) is 9.65. The van der Waals surface area contributed by atoms with Crippen molar-refractivity contribution in [2.24, 2.45) is 0 Å². The van der Waals surface area contributed by atoms with Gasteiger partial charge < -0.3 is 9.52 Å². The third kappa shape index (κ3) is 1.57. The van der Waals surface area contributed by atoms with Gasteiger partial charge in [0.05, 0.1) is 5.52 Å². The molecule has 0 bridgehead atoms. The van der Waals surface area contributed by atoms with E-state index < -0.39 is 5.76 Å². The summed E-state index contributed by atoms with van der Waals surface area (Å²) in [5.74, 6) is -0.467. The molecule has 0 radical (unpaired) electrons. The summed E-state index contributed by atoms with van der Waals surface area (Å²) in [6.45, 7) is 0. The molecule has 0 unspecified atom stereocenters. The van der Waals surface area contributed by atoms with Crippen LogP contribution in [0.1, 0.15) is 0 Å². The zero-order valence-corrected chi connectivity index (χ0v) is 8.68. The summed E-state index contributed by atoms with van der Waals surface area (Å²) in [5.41, 5.74) is 2.22. The number of benzene rings is 1. The standard InChI is InChI=1S/C12H8N2O3/c15-10-5-9-11(17-12(16)14-9)4-8(10)7-2-1-3-13-6-7/h1-6,15H,(H,14,16). The van der Waals surface area contributed by atoms with Gasteiger partial charge in [0.1, 0.15) is 5.75 Å². The number of oxazole rings is 1. The molecule has 84 valence electrons. The molecule has 0 saturated heterocycles. The first-order valence-electron chi connectivity index (χ1n) is 5.00. The number of hydrogen-bond acceptors (Lipinski definition) is 4. The van der Waals surface area contributed by atoms with Gasteiger partial charge in [-0.05, 0) is 12.1 Å². The van der Waals surface area contributed by atoms with Crippen LogP contribution in [0, 0.1) is 0 Å². The lowest BCUT2D eigenvalue weighted by molar-refractivity contribution is 0.477. The Morgan fingerprint density at radius 1 is 1.35 bits per heavy atom. The second kappa shape index (κ2) is 3.48. The van der Waals surface area contributed by atoms with Crippen molar-refractivity contribution in [2.75, 3.05) is 0 Å². The van der Waals surface area contributed by atoms with Gasteiger partial charge in [-0.15, -0.1) is 0 Å². The Bertz CT molecular complexity index is 728. The maximum absolute atomic E-state index is 11.0. The number of H-pyrrole nitrogens is 1. The van der Waals surface area contributed by atoms with Crippen LogP contribution < -0.4 is 5.76 Å². The van der Waals surface area contributed by atoms with Crippen molar-refractivity contribution >= 4 is 11.1 Å². The second-order valence-corrected chi connectivity index (χ2v) is 3.62. The Kier molecular flexibility index (Phi) is 1.98. The maximum atomic E-state index is 11.0. The number of nitrogens with one attached hydrogen (secondary N) is 1. The highest BCUT2D eigenvalue weighted by Crippen LogP contribution is 2.31. The van der Waals surface area contributed by atoms with Gasteiger partial charge in [-0.25, -0.2) is 4.79 Å². The molecule has 0 atom stereocenters. The van der Waals surface area contributed by atoms with Crippen molar-refractivity contribution in [1.82, 2.24) is 9.97 Å². The molecule has 2 N–H and O–H groups in total. The van der Waals surface area contributed by atoms with Gasteiger partial charge >= 0.3 is 5.76 Å². The first-order chi connectivity index (χ1) is 8.24. The molecule has 1 aromatic carbocycles. The predicted molar refractivity (Wildman–Crippen MR) is 61.7 cm³/mol. The lowest BCUT2D eigenvalue weighted by atomic mass is 10.1. The van der Waals surface area contributed by atoms with E-state index in [0.29, 0.717) is 16.7 Å². The van der Waals surface area contributed by atoms with Crippen molar-refractivity contribution in [1.29, 1.82) is 0 Å². The highest BCUT2D eigenvalue weighted by atomic mass is 16.4. The molecule has 0 aliphatic heterocycles. The van der Waals surface area contributed by atoms with E-state index in [2.05, 4.69) is 9.97 Å². The van der Waals surface area contributed by atoms with Crippen LogP contribution in [0.2, 0.25) is 0 Å². The normalized spacial score (nSPS) is 10.8. The molecule has 0 aliphatic rings. The smallest absolute Gasteiger partial charge is 0.417 e. The van der Waals surface area contributed by atoms with Crippen LogP contribution in [-0.4, -0.2) is 15.1 Å². The third-order valence-electron chi connectivity index (χ3n) is 2.51. The van der Waals surface area contributed by atoms with E-state index >= 15 is 0 Å². The summed E-state index contributed by atoms with van der Waals surface area (Å²) in [6.07, 6.45) is 3.28. The lowest BCUT2D eigenvalue weighted by Crippen LogP contribution is -1.92. The fraction of sp³-hybridized carbons (Fsp3) is 0. The fourth-order valence-corrected chi connectivity index (χ4v) is 1.74. The van der Waals surface area contributed by atoms with Crippen LogP contribution in [0.4, 0.5) is 0 Å². The van der Waals surface area contributed by atoms with Gasteiger partial charge in [0.2, 0.25) is 0 Å². The molecule has 0 fully saturated rings. The summed E-state index contributed by atoms with van der Waals surface area (Å²) >= 11 is 0. The molecule has 0 saturated carbocycles. The van der Waals surface area contributed by atoms with Gasteiger partial charge in [-0.1, -0.05) is 6.07 Å². The number of rotatable bonds is 1. The van der Waals surface area contributed by atoms with Crippen LogP contribution >= 0.6 is 0 Å². The number of fused-ring (bicyclic) bond motifs is 1. The van der Waals surface area contributed by atoms with Crippen LogP contribution in [0.15, 0.2) is 45.9 Å². The van der Waals surface area contributed by atoms with E-state index in [1.54, 1.807) is 24.5 Å². The Hall–Kier alpha value is -2.56. The summed E-state index contributed by atoms with van der Waals surface area (Å²) < 4.78 is 4.94. The van der Waals surface area contributed by atoms with Gasteiger partial charge in [0.15, 0.2) is 5.58 Å². The van der Waals surface area contributed by atoms with Crippen LogP contribution in [0.3, 0.4) is 0 Å². The van der Waals surface area contributed by atoms with E-state index in [4.69, 9.17) is 4.42 Å². The van der Waals surface area contributed by atoms with Crippen molar-refractivity contribution in [3.63, 3.8) is 0 Å². The Labute approximate surface area is 95.4 Å². The average molecular weight is 228 g/mol. The molecule has 2 heterocycles. The highest BCUT2D eigenvalue weighted by molar-refractivity contribution is 5.84. The predicted octanol–water partition coefficient (Wildman–Crippen LogP) is 1.89. The zero-order chi connectivity index (χ0) is 11.8. The molecule has 17 heavy (non-hydrogen) atoms. The molecule has 0 aliphatic carbocycles. The number of nitrogens with zero attached hydrogens (tertiary/aromatic N) is 1. The van der Waals surface area contributed by atoms with Crippen molar-refractivity contribution in [3.8, 4) is 16.9 Å². The van der Waals surface area contributed by atoms with E-state index in [-0.39, 0.29) is 5.75 Å². The minimum atomic E-state index is -0.539. The Balaban J connectivity index is 2.30. The highest BCUT2D eigenvalue weighted by Gasteiger charge is 2.09. The summed E-state index contributed by atoms with van der Waals surface area (Å²) in [5, 5.41) is 9.88. The van der Waals surface area contributed by atoms with E-state index in [9.17, 15) is 9.90 Å². The molecule has 0 amide bonds. The molecule has 2 aromatic heterocycles. The molecule has 5 heteroatoms. The molecular weight excluding hydrogens is 220 g/mol. The van der Waals surface area contributed by atoms with Gasteiger partial charge in [-0.2, -0.15) is 0 Å². The average Bonchev–Trinajstić information content (AvgIpc) is 2.68. The van der Waals surface area contributed by atoms with E-state index in [1.807, 2.05) is 6.07 Å². The number of aromatic hydroxyl groups is 1. The largest absolute Gasteiger partial charge is 0.507 e. The van der Waals surface area contributed by atoms with Gasteiger partial charge in [-0.3, -0.25) is 9.97 Å².